The minimum Gasteiger partial charge on any atom is -0.444 e. The number of ether oxygens (including phenoxy) is 1. The molecule has 0 radical (unpaired) electrons. The minimum atomic E-state index is -0.481. The van der Waals surface area contributed by atoms with Crippen molar-refractivity contribution in [1.29, 1.82) is 0 Å². The van der Waals surface area contributed by atoms with Crippen LogP contribution in [0.2, 0.25) is 0 Å². The average molecular weight is 372 g/mol. The van der Waals surface area contributed by atoms with Crippen molar-refractivity contribution in [2.75, 3.05) is 0 Å². The molecular formula is C16H26BrN3O2. The summed E-state index contributed by atoms with van der Waals surface area (Å²) in [7, 11) is 1.88. The van der Waals surface area contributed by atoms with Crippen LogP contribution in [-0.2, 0) is 18.3 Å². The molecule has 0 unspecified atom stereocenters. The molecule has 1 aliphatic rings. The molecule has 124 valence electrons. The maximum absolute atomic E-state index is 12.6. The molecule has 0 spiro atoms. The van der Waals surface area contributed by atoms with Crippen LogP contribution in [0.5, 0.6) is 0 Å². The summed E-state index contributed by atoms with van der Waals surface area (Å²) in [4.78, 5) is 14.5. The summed E-state index contributed by atoms with van der Waals surface area (Å²) < 4.78 is 8.30. The van der Waals surface area contributed by atoms with E-state index in [1.807, 2.05) is 38.9 Å². The summed E-state index contributed by atoms with van der Waals surface area (Å²) in [6.07, 6.45) is 7.36. The van der Waals surface area contributed by atoms with Crippen molar-refractivity contribution >= 4 is 22.0 Å². The zero-order valence-electron chi connectivity index (χ0n) is 13.9. The van der Waals surface area contributed by atoms with Gasteiger partial charge in [-0.2, -0.15) is 5.10 Å². The molecule has 2 rings (SSSR count). The van der Waals surface area contributed by atoms with E-state index < -0.39 is 5.60 Å². The summed E-state index contributed by atoms with van der Waals surface area (Å²) in [6.45, 7) is 6.20. The van der Waals surface area contributed by atoms with E-state index in [1.165, 1.54) is 19.3 Å². The molecule has 1 aliphatic carbocycles. The van der Waals surface area contributed by atoms with Gasteiger partial charge in [0.15, 0.2) is 0 Å². The molecule has 1 saturated carbocycles. The molecular weight excluding hydrogens is 346 g/mol. The number of carbonyl (C=O) groups excluding carboxylic acids is 1. The van der Waals surface area contributed by atoms with Crippen molar-refractivity contribution in [3.05, 3.63) is 16.4 Å². The molecule has 0 aliphatic heterocycles. The molecule has 1 fully saturated rings. The normalized spacial score (nSPS) is 16.6. The molecule has 1 heterocycles. The molecule has 0 saturated heterocycles. The third kappa shape index (κ3) is 4.73. The standard InChI is InChI=1S/C16H26BrN3O2/c1-16(2,3)22-15(21)20(12-8-6-5-7-9-12)11-14-13(17)10-19(4)18-14/h10,12H,5-9,11H2,1-4H3. The van der Waals surface area contributed by atoms with Crippen molar-refractivity contribution in [2.45, 2.75) is 71.1 Å². The first-order valence-corrected chi connectivity index (χ1v) is 8.73. The van der Waals surface area contributed by atoms with Gasteiger partial charge in [-0.05, 0) is 49.5 Å². The Kier molecular flexibility index (Phi) is 5.53. The Morgan fingerprint density at radius 3 is 2.55 bits per heavy atom. The summed E-state index contributed by atoms with van der Waals surface area (Å²) >= 11 is 3.52. The Bertz CT molecular complexity index is 516. The Labute approximate surface area is 141 Å². The molecule has 0 atom stereocenters. The van der Waals surface area contributed by atoms with Gasteiger partial charge in [0, 0.05) is 19.3 Å². The predicted molar refractivity (Wildman–Crippen MR) is 89.6 cm³/mol. The van der Waals surface area contributed by atoms with Gasteiger partial charge in [0.2, 0.25) is 0 Å². The van der Waals surface area contributed by atoms with E-state index in [1.54, 1.807) is 4.68 Å². The first-order chi connectivity index (χ1) is 10.3. The topological polar surface area (TPSA) is 47.4 Å². The average Bonchev–Trinajstić information content (AvgIpc) is 2.73. The van der Waals surface area contributed by atoms with E-state index in [4.69, 9.17) is 4.74 Å². The molecule has 0 bridgehead atoms. The monoisotopic (exact) mass is 371 g/mol. The zero-order valence-corrected chi connectivity index (χ0v) is 15.5. The second-order valence-electron chi connectivity index (χ2n) is 7.00. The quantitative estimate of drug-likeness (QED) is 0.797. The Morgan fingerprint density at radius 1 is 1.41 bits per heavy atom. The molecule has 22 heavy (non-hydrogen) atoms. The maximum atomic E-state index is 12.6. The number of hydrogen-bond donors (Lipinski definition) is 0. The van der Waals surface area contributed by atoms with Crippen molar-refractivity contribution in [3.63, 3.8) is 0 Å². The third-order valence-electron chi connectivity index (χ3n) is 3.82. The highest BCUT2D eigenvalue weighted by Crippen LogP contribution is 2.27. The number of amides is 1. The maximum Gasteiger partial charge on any atom is 0.410 e. The van der Waals surface area contributed by atoms with E-state index in [9.17, 15) is 4.79 Å². The van der Waals surface area contributed by atoms with Gasteiger partial charge in [-0.15, -0.1) is 0 Å². The largest absolute Gasteiger partial charge is 0.444 e. The van der Waals surface area contributed by atoms with Crippen molar-refractivity contribution in [2.24, 2.45) is 7.05 Å². The van der Waals surface area contributed by atoms with Crippen LogP contribution in [0.25, 0.3) is 0 Å². The van der Waals surface area contributed by atoms with E-state index in [0.29, 0.717) is 6.54 Å². The van der Waals surface area contributed by atoms with Crippen LogP contribution >= 0.6 is 15.9 Å². The molecule has 0 N–H and O–H groups in total. The smallest absolute Gasteiger partial charge is 0.410 e. The van der Waals surface area contributed by atoms with Crippen molar-refractivity contribution < 1.29 is 9.53 Å². The number of nitrogens with zero attached hydrogens (tertiary/aromatic N) is 3. The van der Waals surface area contributed by atoms with Crippen LogP contribution < -0.4 is 0 Å². The first kappa shape index (κ1) is 17.3. The fraction of sp³-hybridized carbons (Fsp3) is 0.750. The lowest BCUT2D eigenvalue weighted by molar-refractivity contribution is 0.00949. The van der Waals surface area contributed by atoms with Gasteiger partial charge in [0.25, 0.3) is 0 Å². The highest BCUT2D eigenvalue weighted by Gasteiger charge is 2.30. The lowest BCUT2D eigenvalue weighted by atomic mass is 9.94. The highest BCUT2D eigenvalue weighted by atomic mass is 79.9. The van der Waals surface area contributed by atoms with Gasteiger partial charge in [0.1, 0.15) is 5.60 Å². The number of carbonyl (C=O) groups is 1. The van der Waals surface area contributed by atoms with Crippen LogP contribution in [-0.4, -0.2) is 32.4 Å². The van der Waals surface area contributed by atoms with Crippen LogP contribution in [0.1, 0.15) is 58.6 Å². The Morgan fingerprint density at radius 2 is 2.05 bits per heavy atom. The molecule has 0 aromatic carbocycles. The minimum absolute atomic E-state index is 0.239. The van der Waals surface area contributed by atoms with Gasteiger partial charge < -0.3 is 4.74 Å². The lowest BCUT2D eigenvalue weighted by Crippen LogP contribution is -2.44. The van der Waals surface area contributed by atoms with Crippen molar-refractivity contribution in [1.82, 2.24) is 14.7 Å². The zero-order chi connectivity index (χ0) is 16.3. The van der Waals surface area contributed by atoms with Crippen LogP contribution in [0.3, 0.4) is 0 Å². The summed E-state index contributed by atoms with van der Waals surface area (Å²) in [6, 6.07) is 0.248. The molecule has 6 heteroatoms. The number of halogens is 1. The Hall–Kier alpha value is -1.04. The highest BCUT2D eigenvalue weighted by molar-refractivity contribution is 9.10. The second kappa shape index (κ2) is 7.02. The SMILES string of the molecule is Cn1cc(Br)c(CN(C(=O)OC(C)(C)C)C2CCCCC2)n1. The fourth-order valence-corrected chi connectivity index (χ4v) is 3.33. The van der Waals surface area contributed by atoms with Gasteiger partial charge in [-0.1, -0.05) is 19.3 Å². The predicted octanol–water partition coefficient (Wildman–Crippen LogP) is 4.25. The number of aromatic nitrogens is 2. The van der Waals surface area contributed by atoms with Crippen LogP contribution in [0.4, 0.5) is 4.79 Å². The van der Waals surface area contributed by atoms with E-state index in [2.05, 4.69) is 21.0 Å². The number of rotatable bonds is 3. The van der Waals surface area contributed by atoms with Crippen molar-refractivity contribution in [3.8, 4) is 0 Å². The van der Waals surface area contributed by atoms with Gasteiger partial charge >= 0.3 is 6.09 Å². The number of aryl methyl sites for hydroxylation is 1. The van der Waals surface area contributed by atoms with Gasteiger partial charge in [0.05, 0.1) is 16.7 Å². The molecule has 1 aromatic heterocycles. The number of hydrogen-bond acceptors (Lipinski definition) is 3. The fourth-order valence-electron chi connectivity index (χ4n) is 2.83. The lowest BCUT2D eigenvalue weighted by Gasteiger charge is -2.35. The van der Waals surface area contributed by atoms with E-state index in [-0.39, 0.29) is 12.1 Å². The second-order valence-corrected chi connectivity index (χ2v) is 7.85. The van der Waals surface area contributed by atoms with Gasteiger partial charge in [-0.3, -0.25) is 9.58 Å². The van der Waals surface area contributed by atoms with E-state index >= 15 is 0 Å². The summed E-state index contributed by atoms with van der Waals surface area (Å²) in [5, 5.41) is 4.44. The van der Waals surface area contributed by atoms with Gasteiger partial charge in [-0.25, -0.2) is 4.79 Å². The summed E-state index contributed by atoms with van der Waals surface area (Å²) in [5.41, 5.74) is 0.393. The molecule has 1 aromatic rings. The summed E-state index contributed by atoms with van der Waals surface area (Å²) in [5.74, 6) is 0. The van der Waals surface area contributed by atoms with Crippen LogP contribution in [0.15, 0.2) is 10.7 Å². The Balaban J connectivity index is 2.17. The molecule has 5 nitrogen and oxygen atoms in total. The van der Waals surface area contributed by atoms with Crippen LogP contribution in [0, 0.1) is 0 Å². The third-order valence-corrected chi connectivity index (χ3v) is 4.48. The van der Waals surface area contributed by atoms with E-state index in [0.717, 1.165) is 23.0 Å². The molecule has 1 amide bonds. The first-order valence-electron chi connectivity index (χ1n) is 7.94.